The van der Waals surface area contributed by atoms with Crippen molar-refractivity contribution in [1.29, 1.82) is 0 Å². The van der Waals surface area contributed by atoms with Crippen LogP contribution >= 0.6 is 0 Å². The van der Waals surface area contributed by atoms with Crippen molar-refractivity contribution in [3.05, 3.63) is 82.9 Å². The van der Waals surface area contributed by atoms with Crippen LogP contribution in [0.3, 0.4) is 0 Å². The van der Waals surface area contributed by atoms with Gasteiger partial charge in [0.2, 0.25) is 0 Å². The molecular formula is C20H14O2. The Kier molecular flexibility index (Phi) is 3.98. The molecule has 0 unspecified atom stereocenters. The summed E-state index contributed by atoms with van der Waals surface area (Å²) in [6, 6.07) is 16.7. The fourth-order valence-electron chi connectivity index (χ4n) is 2.44. The van der Waals surface area contributed by atoms with Gasteiger partial charge in [0, 0.05) is 28.7 Å². The van der Waals surface area contributed by atoms with Gasteiger partial charge < -0.3 is 0 Å². The van der Waals surface area contributed by atoms with Gasteiger partial charge in [-0.15, -0.1) is 0 Å². The Morgan fingerprint density at radius 3 is 2.27 bits per heavy atom. The van der Waals surface area contributed by atoms with Gasteiger partial charge in [-0.05, 0) is 24.6 Å². The largest absolute Gasteiger partial charge is 0.289 e. The van der Waals surface area contributed by atoms with E-state index in [2.05, 4.69) is 11.8 Å². The van der Waals surface area contributed by atoms with E-state index in [0.717, 1.165) is 5.56 Å². The molecule has 0 saturated heterocycles. The normalized spacial score (nSPS) is 13.0. The lowest BCUT2D eigenvalue weighted by Gasteiger charge is -2.13. The molecule has 0 heterocycles. The smallest absolute Gasteiger partial charge is 0.189 e. The first-order chi connectivity index (χ1) is 10.8. The molecule has 106 valence electrons. The van der Waals surface area contributed by atoms with Crippen LogP contribution in [0.25, 0.3) is 0 Å². The van der Waals surface area contributed by atoms with Gasteiger partial charge in [-0.3, -0.25) is 9.59 Å². The fraction of sp³-hybridized carbons (Fsp3) is 0.100. The zero-order valence-corrected chi connectivity index (χ0v) is 12.0. The molecule has 2 aromatic rings. The molecule has 0 spiro atoms. The number of fused-ring (bicyclic) bond motifs is 1. The van der Waals surface area contributed by atoms with Crippen molar-refractivity contribution >= 4 is 11.6 Å². The quantitative estimate of drug-likeness (QED) is 0.786. The molecule has 0 aromatic heterocycles. The number of ketones is 2. The minimum Gasteiger partial charge on any atom is -0.289 e. The maximum absolute atomic E-state index is 12.4. The maximum atomic E-state index is 12.4. The second-order valence-electron chi connectivity index (χ2n) is 5.08. The highest BCUT2D eigenvalue weighted by atomic mass is 16.1. The monoisotopic (exact) mass is 286 g/mol. The number of hydrogen-bond donors (Lipinski definition) is 0. The van der Waals surface area contributed by atoms with Gasteiger partial charge >= 0.3 is 0 Å². The maximum Gasteiger partial charge on any atom is 0.189 e. The third-order valence-electron chi connectivity index (χ3n) is 3.56. The van der Waals surface area contributed by atoms with Gasteiger partial charge in [0.25, 0.3) is 0 Å². The number of Topliss-reactive ketones (excluding diaryl/α,β-unsaturated/α-hetero) is 1. The third-order valence-corrected chi connectivity index (χ3v) is 3.56. The van der Waals surface area contributed by atoms with Gasteiger partial charge in [-0.25, -0.2) is 0 Å². The van der Waals surface area contributed by atoms with Gasteiger partial charge in [-0.1, -0.05) is 54.3 Å². The average Bonchev–Trinajstić information content (AvgIpc) is 2.57. The molecule has 2 aromatic carbocycles. The Hall–Kier alpha value is -2.92. The Morgan fingerprint density at radius 2 is 1.50 bits per heavy atom. The summed E-state index contributed by atoms with van der Waals surface area (Å²) >= 11 is 0. The van der Waals surface area contributed by atoms with Crippen molar-refractivity contribution in [1.82, 2.24) is 0 Å². The van der Waals surface area contributed by atoms with Crippen molar-refractivity contribution in [2.45, 2.75) is 12.8 Å². The SMILES string of the molecule is O=C1C=C(CCC#Cc2ccccc2)C(=O)c2ccccc21. The molecule has 0 saturated carbocycles. The van der Waals surface area contributed by atoms with Crippen LogP contribution in [0.1, 0.15) is 39.1 Å². The van der Waals surface area contributed by atoms with Crippen LogP contribution in [-0.4, -0.2) is 11.6 Å². The molecule has 0 atom stereocenters. The Bertz CT molecular complexity index is 818. The molecule has 2 nitrogen and oxygen atoms in total. The van der Waals surface area contributed by atoms with Crippen LogP contribution < -0.4 is 0 Å². The van der Waals surface area contributed by atoms with Gasteiger partial charge in [-0.2, -0.15) is 0 Å². The molecular weight excluding hydrogens is 272 g/mol. The van der Waals surface area contributed by atoms with E-state index < -0.39 is 0 Å². The highest BCUT2D eigenvalue weighted by Crippen LogP contribution is 2.23. The van der Waals surface area contributed by atoms with Crippen LogP contribution in [-0.2, 0) is 0 Å². The van der Waals surface area contributed by atoms with E-state index in [0.29, 0.717) is 29.5 Å². The van der Waals surface area contributed by atoms with E-state index in [1.54, 1.807) is 24.3 Å². The van der Waals surface area contributed by atoms with E-state index in [4.69, 9.17) is 0 Å². The Morgan fingerprint density at radius 1 is 0.818 bits per heavy atom. The first kappa shape index (κ1) is 14.0. The molecule has 0 amide bonds. The van der Waals surface area contributed by atoms with E-state index in [1.807, 2.05) is 30.3 Å². The summed E-state index contributed by atoms with van der Waals surface area (Å²) in [5.41, 5.74) is 2.49. The number of hydrogen-bond acceptors (Lipinski definition) is 2. The van der Waals surface area contributed by atoms with Crippen LogP contribution in [0.2, 0.25) is 0 Å². The highest BCUT2D eigenvalue weighted by Gasteiger charge is 2.24. The number of carbonyl (C=O) groups is 2. The zero-order valence-electron chi connectivity index (χ0n) is 12.0. The summed E-state index contributed by atoms with van der Waals surface area (Å²) < 4.78 is 0. The predicted octanol–water partition coefficient (Wildman–Crippen LogP) is 3.82. The lowest BCUT2D eigenvalue weighted by molar-refractivity contribution is 0.0981. The van der Waals surface area contributed by atoms with Crippen molar-refractivity contribution in [3.8, 4) is 11.8 Å². The average molecular weight is 286 g/mol. The van der Waals surface area contributed by atoms with E-state index in [1.165, 1.54) is 6.08 Å². The first-order valence-corrected chi connectivity index (χ1v) is 7.18. The fourth-order valence-corrected chi connectivity index (χ4v) is 2.44. The molecule has 0 N–H and O–H groups in total. The first-order valence-electron chi connectivity index (χ1n) is 7.18. The molecule has 3 rings (SSSR count). The minimum absolute atomic E-state index is 0.0586. The molecule has 0 radical (unpaired) electrons. The van der Waals surface area contributed by atoms with Crippen LogP contribution in [0.5, 0.6) is 0 Å². The lowest BCUT2D eigenvalue weighted by atomic mass is 9.88. The van der Waals surface area contributed by atoms with E-state index >= 15 is 0 Å². The summed E-state index contributed by atoms with van der Waals surface area (Å²) in [6.07, 6.45) is 2.51. The van der Waals surface area contributed by atoms with Crippen LogP contribution in [0.15, 0.2) is 66.2 Å². The molecule has 22 heavy (non-hydrogen) atoms. The van der Waals surface area contributed by atoms with Crippen molar-refractivity contribution in [3.63, 3.8) is 0 Å². The number of allylic oxidation sites excluding steroid dienone is 2. The zero-order chi connectivity index (χ0) is 15.4. The van der Waals surface area contributed by atoms with Crippen LogP contribution in [0.4, 0.5) is 0 Å². The molecule has 0 aliphatic heterocycles. The lowest BCUT2D eigenvalue weighted by Crippen LogP contribution is -2.16. The summed E-state index contributed by atoms with van der Waals surface area (Å²) in [5, 5.41) is 0. The van der Waals surface area contributed by atoms with Gasteiger partial charge in [0.15, 0.2) is 11.6 Å². The molecule has 1 aliphatic carbocycles. The highest BCUT2D eigenvalue weighted by molar-refractivity contribution is 6.24. The van der Waals surface area contributed by atoms with Crippen LogP contribution in [0, 0.1) is 11.8 Å². The van der Waals surface area contributed by atoms with Gasteiger partial charge in [0.1, 0.15) is 0 Å². The summed E-state index contributed by atoms with van der Waals surface area (Å²) in [7, 11) is 0. The predicted molar refractivity (Wildman–Crippen MR) is 85.7 cm³/mol. The minimum atomic E-state index is -0.0961. The standard InChI is InChI=1S/C20H14O2/c21-19-14-16(20(22)18-13-7-6-12-17(18)19)11-5-4-10-15-8-2-1-3-9-15/h1-3,6-9,12-14H,5,11H2. The summed E-state index contributed by atoms with van der Waals surface area (Å²) in [5.74, 6) is 5.96. The summed E-state index contributed by atoms with van der Waals surface area (Å²) in [4.78, 5) is 24.4. The summed E-state index contributed by atoms with van der Waals surface area (Å²) in [6.45, 7) is 0. The van der Waals surface area contributed by atoms with Crippen molar-refractivity contribution in [2.75, 3.05) is 0 Å². The second kappa shape index (κ2) is 6.24. The Balaban J connectivity index is 1.71. The topological polar surface area (TPSA) is 34.1 Å². The van der Waals surface area contributed by atoms with Gasteiger partial charge in [0.05, 0.1) is 0 Å². The van der Waals surface area contributed by atoms with Crippen molar-refractivity contribution < 1.29 is 9.59 Å². The number of benzene rings is 2. The number of carbonyl (C=O) groups excluding carboxylic acids is 2. The van der Waals surface area contributed by atoms with E-state index in [9.17, 15) is 9.59 Å². The van der Waals surface area contributed by atoms with E-state index in [-0.39, 0.29) is 11.6 Å². The van der Waals surface area contributed by atoms with Crippen molar-refractivity contribution in [2.24, 2.45) is 0 Å². The molecule has 0 bridgehead atoms. The molecule has 1 aliphatic rings. The molecule has 0 fully saturated rings. The molecule has 2 heteroatoms. The third kappa shape index (κ3) is 2.89. The number of rotatable bonds is 2. The Labute approximate surface area is 129 Å². The second-order valence-corrected chi connectivity index (χ2v) is 5.08.